The van der Waals surface area contributed by atoms with E-state index >= 15 is 0 Å². The first-order valence-electron chi connectivity index (χ1n) is 8.39. The molecule has 4 aromatic rings. The summed E-state index contributed by atoms with van der Waals surface area (Å²) in [6, 6.07) is 22.4. The molecule has 1 heterocycles. The number of carbonyl (C=O) groups excluding carboxylic acids is 1. The Labute approximate surface area is 149 Å². The van der Waals surface area contributed by atoms with Crippen molar-refractivity contribution >= 4 is 28.1 Å². The van der Waals surface area contributed by atoms with Crippen LogP contribution in [0, 0.1) is 0 Å². The first-order chi connectivity index (χ1) is 12.7. The van der Waals surface area contributed by atoms with Crippen molar-refractivity contribution in [2.75, 3.05) is 5.32 Å². The fourth-order valence-corrected chi connectivity index (χ4v) is 3.64. The van der Waals surface area contributed by atoms with Gasteiger partial charge in [-0.1, -0.05) is 54.6 Å². The Morgan fingerprint density at radius 3 is 2.19 bits per heavy atom. The Bertz CT molecular complexity index is 1240. The number of H-pyrrole nitrogens is 1. The molecule has 0 saturated carbocycles. The molecule has 4 nitrogen and oxygen atoms in total. The lowest BCUT2D eigenvalue weighted by Gasteiger charge is -2.22. The van der Waals surface area contributed by atoms with Gasteiger partial charge in [-0.3, -0.25) is 9.59 Å². The van der Waals surface area contributed by atoms with E-state index in [2.05, 4.69) is 10.3 Å². The van der Waals surface area contributed by atoms with Crippen molar-refractivity contribution in [2.45, 2.75) is 0 Å². The van der Waals surface area contributed by atoms with Crippen LogP contribution in [0.15, 0.2) is 77.6 Å². The molecule has 0 bridgehead atoms. The van der Waals surface area contributed by atoms with Gasteiger partial charge in [-0.2, -0.15) is 0 Å². The minimum Gasteiger partial charge on any atom is -0.350 e. The molecule has 0 radical (unpaired) electrons. The molecular formula is C22H14N2O2. The summed E-state index contributed by atoms with van der Waals surface area (Å²) in [7, 11) is 0. The molecule has 1 aliphatic carbocycles. The first kappa shape index (κ1) is 14.7. The molecule has 0 aliphatic heterocycles. The van der Waals surface area contributed by atoms with E-state index in [1.54, 1.807) is 6.07 Å². The smallest absolute Gasteiger partial charge is 0.272 e. The maximum atomic E-state index is 12.9. The molecule has 0 unspecified atom stereocenters. The third kappa shape index (κ3) is 2.02. The molecule has 124 valence electrons. The number of nitrogens with one attached hydrogen (secondary N) is 2. The number of anilines is 2. The summed E-state index contributed by atoms with van der Waals surface area (Å²) in [4.78, 5) is 28.7. The molecule has 1 aliphatic rings. The van der Waals surface area contributed by atoms with Crippen molar-refractivity contribution in [3.63, 3.8) is 0 Å². The van der Waals surface area contributed by atoms with Gasteiger partial charge in [0, 0.05) is 33.3 Å². The number of para-hydroxylation sites is 1. The van der Waals surface area contributed by atoms with Crippen LogP contribution in [0.5, 0.6) is 0 Å². The average molecular weight is 338 g/mol. The largest absolute Gasteiger partial charge is 0.350 e. The van der Waals surface area contributed by atoms with Crippen LogP contribution in [0.2, 0.25) is 0 Å². The molecule has 0 amide bonds. The molecule has 26 heavy (non-hydrogen) atoms. The van der Waals surface area contributed by atoms with Crippen LogP contribution in [0.1, 0.15) is 15.9 Å². The topological polar surface area (TPSA) is 62.0 Å². The lowest BCUT2D eigenvalue weighted by molar-refractivity contribution is 0.104. The highest BCUT2D eigenvalue weighted by molar-refractivity contribution is 6.26. The van der Waals surface area contributed by atoms with Gasteiger partial charge in [-0.25, -0.2) is 0 Å². The van der Waals surface area contributed by atoms with E-state index in [0.29, 0.717) is 22.3 Å². The number of benzene rings is 3. The lowest BCUT2D eigenvalue weighted by atomic mass is 9.83. The minimum atomic E-state index is -0.211. The number of pyridine rings is 1. The Kier molecular flexibility index (Phi) is 3.06. The lowest BCUT2D eigenvalue weighted by Crippen LogP contribution is -2.18. The van der Waals surface area contributed by atoms with E-state index < -0.39 is 0 Å². The van der Waals surface area contributed by atoms with Crippen LogP contribution < -0.4 is 10.9 Å². The molecule has 0 saturated heterocycles. The van der Waals surface area contributed by atoms with Crippen molar-refractivity contribution in [2.24, 2.45) is 0 Å². The van der Waals surface area contributed by atoms with Gasteiger partial charge in [-0.05, 0) is 23.8 Å². The van der Waals surface area contributed by atoms with Crippen molar-refractivity contribution in [1.82, 2.24) is 4.98 Å². The maximum Gasteiger partial charge on any atom is 0.272 e. The first-order valence-corrected chi connectivity index (χ1v) is 8.39. The molecule has 4 heteroatoms. The number of rotatable bonds is 2. The fraction of sp³-hybridized carbons (Fsp3) is 0. The molecular weight excluding hydrogens is 324 g/mol. The third-order valence-electron chi connectivity index (χ3n) is 4.77. The zero-order chi connectivity index (χ0) is 17.7. The van der Waals surface area contributed by atoms with Crippen molar-refractivity contribution < 1.29 is 4.79 Å². The van der Waals surface area contributed by atoms with E-state index in [4.69, 9.17) is 0 Å². The second-order valence-electron chi connectivity index (χ2n) is 6.30. The summed E-state index contributed by atoms with van der Waals surface area (Å²) in [6.45, 7) is 0. The summed E-state index contributed by atoms with van der Waals surface area (Å²) in [5.74, 6) is -0.0172. The van der Waals surface area contributed by atoms with Gasteiger partial charge in [0.1, 0.15) is 5.69 Å². The summed E-state index contributed by atoms with van der Waals surface area (Å²) in [6.07, 6.45) is 0. The number of aromatic nitrogens is 1. The molecule has 1 aromatic heterocycles. The zero-order valence-electron chi connectivity index (χ0n) is 13.7. The van der Waals surface area contributed by atoms with Crippen LogP contribution in [0.3, 0.4) is 0 Å². The van der Waals surface area contributed by atoms with E-state index in [9.17, 15) is 9.59 Å². The molecule has 0 atom stereocenters. The highest BCUT2D eigenvalue weighted by Gasteiger charge is 2.28. The van der Waals surface area contributed by atoms with Crippen LogP contribution in [0.4, 0.5) is 11.4 Å². The Morgan fingerprint density at radius 2 is 1.38 bits per heavy atom. The SMILES string of the molecule is O=C1c2ccccc2-c2c(Nc3ccccc3)c(=O)[nH]c3cccc1c23. The van der Waals surface area contributed by atoms with E-state index in [0.717, 1.165) is 22.2 Å². The number of hydrogen-bond acceptors (Lipinski definition) is 3. The molecule has 5 rings (SSSR count). The van der Waals surface area contributed by atoms with Crippen molar-refractivity contribution in [1.29, 1.82) is 0 Å². The van der Waals surface area contributed by atoms with Crippen LogP contribution in [0.25, 0.3) is 22.0 Å². The predicted molar refractivity (Wildman–Crippen MR) is 103 cm³/mol. The van der Waals surface area contributed by atoms with Crippen molar-refractivity contribution in [3.8, 4) is 11.1 Å². The third-order valence-corrected chi connectivity index (χ3v) is 4.77. The van der Waals surface area contributed by atoms with Crippen LogP contribution in [-0.2, 0) is 0 Å². The number of hydrogen-bond donors (Lipinski definition) is 2. The number of fused-ring (bicyclic) bond motifs is 2. The van der Waals surface area contributed by atoms with E-state index in [1.165, 1.54) is 0 Å². The van der Waals surface area contributed by atoms with E-state index in [1.807, 2.05) is 66.7 Å². The number of ketones is 1. The van der Waals surface area contributed by atoms with Gasteiger partial charge >= 0.3 is 0 Å². The Balaban J connectivity index is 1.91. The molecule has 3 aromatic carbocycles. The summed E-state index contributed by atoms with van der Waals surface area (Å²) >= 11 is 0. The quantitative estimate of drug-likeness (QED) is 0.499. The van der Waals surface area contributed by atoms with Gasteiger partial charge in [0.2, 0.25) is 0 Å². The standard InChI is InChI=1S/C22H14N2O2/c25-21-15-10-5-4-9-14(15)19-18-16(21)11-6-12-17(18)24-22(26)20(19)23-13-7-2-1-3-8-13/h1-12,23H,(H,24,26). The van der Waals surface area contributed by atoms with Gasteiger partial charge in [0.05, 0.1) is 0 Å². The Hall–Kier alpha value is -3.66. The normalized spacial score (nSPS) is 12.1. The summed E-state index contributed by atoms with van der Waals surface area (Å²) in [5, 5.41) is 4.03. The van der Waals surface area contributed by atoms with E-state index in [-0.39, 0.29) is 11.3 Å². The second kappa shape index (κ2) is 5.43. The molecule has 0 spiro atoms. The van der Waals surface area contributed by atoms with Gasteiger partial charge < -0.3 is 10.3 Å². The number of carbonyl (C=O) groups is 1. The van der Waals surface area contributed by atoms with Crippen molar-refractivity contribution in [3.05, 3.63) is 94.3 Å². The van der Waals surface area contributed by atoms with Gasteiger partial charge in [-0.15, -0.1) is 0 Å². The summed E-state index contributed by atoms with van der Waals surface area (Å²) in [5.41, 5.74) is 4.53. The second-order valence-corrected chi connectivity index (χ2v) is 6.30. The maximum absolute atomic E-state index is 12.9. The van der Waals surface area contributed by atoms with Gasteiger partial charge in [0.25, 0.3) is 5.56 Å². The number of aromatic amines is 1. The van der Waals surface area contributed by atoms with Gasteiger partial charge in [0.15, 0.2) is 5.78 Å². The van der Waals surface area contributed by atoms with Crippen LogP contribution >= 0.6 is 0 Å². The molecule has 0 fully saturated rings. The summed E-state index contributed by atoms with van der Waals surface area (Å²) < 4.78 is 0. The highest BCUT2D eigenvalue weighted by atomic mass is 16.1. The minimum absolute atomic E-state index is 0.0172. The monoisotopic (exact) mass is 338 g/mol. The Morgan fingerprint density at radius 1 is 0.692 bits per heavy atom. The zero-order valence-corrected chi connectivity index (χ0v) is 13.7. The fourth-order valence-electron chi connectivity index (χ4n) is 3.64. The molecule has 2 N–H and O–H groups in total. The van der Waals surface area contributed by atoms with Crippen LogP contribution in [-0.4, -0.2) is 10.8 Å². The average Bonchev–Trinajstić information content (AvgIpc) is 2.68. The predicted octanol–water partition coefficient (Wildman–Crippen LogP) is 4.48. The highest BCUT2D eigenvalue weighted by Crippen LogP contribution is 2.42.